The molecule has 144 valence electrons. The van der Waals surface area contributed by atoms with Crippen LogP contribution in [0.4, 0.5) is 0 Å². The zero-order chi connectivity index (χ0) is 19.0. The number of benzene rings is 1. The quantitative estimate of drug-likeness (QED) is 0.826. The van der Waals surface area contributed by atoms with Gasteiger partial charge in [0.25, 0.3) is 0 Å². The Labute approximate surface area is 161 Å². The lowest BCUT2D eigenvalue weighted by atomic mass is 9.79. The number of H-pyrrole nitrogens is 1. The molecule has 4 rings (SSSR count). The van der Waals surface area contributed by atoms with Crippen LogP contribution in [-0.4, -0.2) is 59.5 Å². The number of aromatic amines is 1. The largest absolute Gasteiger partial charge is 0.361 e. The predicted octanol–water partition coefficient (Wildman–Crippen LogP) is 2.62. The molecule has 1 aromatic carbocycles. The molecule has 0 radical (unpaired) electrons. The molecule has 5 nitrogen and oxygen atoms in total. The van der Waals surface area contributed by atoms with Crippen LogP contribution in [-0.2, 0) is 11.2 Å². The van der Waals surface area contributed by atoms with Crippen LogP contribution < -0.4 is 5.73 Å². The molecule has 2 aromatic rings. The van der Waals surface area contributed by atoms with E-state index < -0.39 is 0 Å². The van der Waals surface area contributed by atoms with Crippen molar-refractivity contribution in [3.05, 3.63) is 41.6 Å². The molecule has 3 N–H and O–H groups in total. The molecule has 2 aliphatic rings. The van der Waals surface area contributed by atoms with Crippen LogP contribution >= 0.6 is 0 Å². The van der Waals surface area contributed by atoms with Gasteiger partial charge in [0.05, 0.1) is 5.92 Å². The summed E-state index contributed by atoms with van der Waals surface area (Å²) >= 11 is 0. The number of nitrogens with two attached hydrogens (primary N) is 1. The first-order valence-electron chi connectivity index (χ1n) is 10.2. The summed E-state index contributed by atoms with van der Waals surface area (Å²) < 4.78 is 0. The highest BCUT2D eigenvalue weighted by atomic mass is 16.2. The van der Waals surface area contributed by atoms with Gasteiger partial charge in [-0.15, -0.1) is 0 Å². The number of rotatable bonds is 6. The van der Waals surface area contributed by atoms with E-state index in [9.17, 15) is 4.79 Å². The Hall–Kier alpha value is -2.11. The van der Waals surface area contributed by atoms with E-state index in [1.807, 2.05) is 4.90 Å². The summed E-state index contributed by atoms with van der Waals surface area (Å²) in [7, 11) is 0. The van der Waals surface area contributed by atoms with Crippen molar-refractivity contribution in [3.8, 4) is 0 Å². The van der Waals surface area contributed by atoms with Gasteiger partial charge in [0.2, 0.25) is 5.91 Å². The standard InChI is InChI=1S/C22H30N4O/c1-3-25(4-2)22(27)16-11-18-17-7-5-8-19-21(17)15(13-24-19)12-20(18)26(14-16)10-6-9-23/h5,7-8,11,13,16,20,24H,3-4,6,9-10,12,14,23H2,1-2H3/t16-,20-/m1/s1. The van der Waals surface area contributed by atoms with Crippen LogP contribution in [0, 0.1) is 5.92 Å². The van der Waals surface area contributed by atoms with E-state index in [1.54, 1.807) is 0 Å². The van der Waals surface area contributed by atoms with Crippen LogP contribution in [0.25, 0.3) is 16.5 Å². The number of carbonyl (C=O) groups is 1. The molecule has 2 atom stereocenters. The van der Waals surface area contributed by atoms with Gasteiger partial charge in [0.15, 0.2) is 0 Å². The van der Waals surface area contributed by atoms with Crippen LogP contribution in [0.3, 0.4) is 0 Å². The van der Waals surface area contributed by atoms with Crippen molar-refractivity contribution in [1.82, 2.24) is 14.8 Å². The van der Waals surface area contributed by atoms with Crippen molar-refractivity contribution < 1.29 is 4.79 Å². The Morgan fingerprint density at radius 2 is 2.15 bits per heavy atom. The molecule has 1 aromatic heterocycles. The highest BCUT2D eigenvalue weighted by Crippen LogP contribution is 2.41. The van der Waals surface area contributed by atoms with Gasteiger partial charge >= 0.3 is 0 Å². The molecule has 0 spiro atoms. The first kappa shape index (κ1) is 18.3. The van der Waals surface area contributed by atoms with Gasteiger partial charge in [-0.3, -0.25) is 9.69 Å². The Balaban J connectivity index is 1.77. The van der Waals surface area contributed by atoms with E-state index in [4.69, 9.17) is 5.73 Å². The number of nitrogens with zero attached hydrogens (tertiary/aromatic N) is 2. The van der Waals surface area contributed by atoms with Gasteiger partial charge in [-0.2, -0.15) is 0 Å². The van der Waals surface area contributed by atoms with E-state index >= 15 is 0 Å². The van der Waals surface area contributed by atoms with E-state index in [-0.39, 0.29) is 11.8 Å². The lowest BCUT2D eigenvalue weighted by Crippen LogP contribution is -2.49. The third kappa shape index (κ3) is 3.09. The van der Waals surface area contributed by atoms with Crippen molar-refractivity contribution in [2.45, 2.75) is 32.7 Å². The molecule has 2 heterocycles. The zero-order valence-corrected chi connectivity index (χ0v) is 16.4. The van der Waals surface area contributed by atoms with Gasteiger partial charge < -0.3 is 15.6 Å². The highest BCUT2D eigenvalue weighted by molar-refractivity contribution is 5.99. The minimum atomic E-state index is -0.0790. The predicted molar refractivity (Wildman–Crippen MR) is 110 cm³/mol. The highest BCUT2D eigenvalue weighted by Gasteiger charge is 2.37. The summed E-state index contributed by atoms with van der Waals surface area (Å²) in [6.45, 7) is 8.05. The smallest absolute Gasteiger partial charge is 0.230 e. The number of hydrogen-bond acceptors (Lipinski definition) is 3. The van der Waals surface area contributed by atoms with E-state index in [0.717, 1.165) is 39.0 Å². The maximum Gasteiger partial charge on any atom is 0.230 e. The number of hydrogen-bond donors (Lipinski definition) is 2. The summed E-state index contributed by atoms with van der Waals surface area (Å²) in [6.07, 6.45) is 6.37. The molecular weight excluding hydrogens is 336 g/mol. The van der Waals surface area contributed by atoms with Crippen molar-refractivity contribution in [3.63, 3.8) is 0 Å². The molecule has 1 amide bonds. The second-order valence-corrected chi connectivity index (χ2v) is 7.64. The maximum absolute atomic E-state index is 13.1. The average molecular weight is 367 g/mol. The number of nitrogens with one attached hydrogen (secondary N) is 1. The van der Waals surface area contributed by atoms with Crippen LogP contribution in [0.5, 0.6) is 0 Å². The summed E-state index contributed by atoms with van der Waals surface area (Å²) in [4.78, 5) is 21.0. The molecule has 0 saturated carbocycles. The summed E-state index contributed by atoms with van der Waals surface area (Å²) in [5, 5.41) is 1.33. The Morgan fingerprint density at radius 1 is 1.33 bits per heavy atom. The summed E-state index contributed by atoms with van der Waals surface area (Å²) in [5.74, 6) is 0.167. The molecule has 0 saturated heterocycles. The van der Waals surface area contributed by atoms with Gasteiger partial charge in [0.1, 0.15) is 0 Å². The Kier molecular flexibility index (Phi) is 5.06. The second-order valence-electron chi connectivity index (χ2n) is 7.64. The van der Waals surface area contributed by atoms with Gasteiger partial charge in [-0.1, -0.05) is 18.2 Å². The minimum Gasteiger partial charge on any atom is -0.361 e. The normalized spacial score (nSPS) is 21.8. The third-order valence-corrected chi connectivity index (χ3v) is 6.17. The second kappa shape index (κ2) is 7.49. The average Bonchev–Trinajstić information content (AvgIpc) is 3.11. The topological polar surface area (TPSA) is 65.4 Å². The first-order valence-corrected chi connectivity index (χ1v) is 10.2. The fraction of sp³-hybridized carbons (Fsp3) is 0.500. The van der Waals surface area contributed by atoms with Crippen molar-refractivity contribution in [2.24, 2.45) is 11.7 Å². The van der Waals surface area contributed by atoms with E-state index in [0.29, 0.717) is 12.6 Å². The SMILES string of the molecule is CCN(CC)C(=O)[C@@H]1C=C2c3cccc4[nH]cc(c34)C[C@H]2N(CCCN)C1. The minimum absolute atomic E-state index is 0.0790. The monoisotopic (exact) mass is 366 g/mol. The van der Waals surface area contributed by atoms with E-state index in [2.05, 4.69) is 54.2 Å². The molecule has 1 aliphatic carbocycles. The molecule has 27 heavy (non-hydrogen) atoms. The zero-order valence-electron chi connectivity index (χ0n) is 16.4. The molecule has 1 aliphatic heterocycles. The number of amides is 1. The molecular formula is C22H30N4O. The molecule has 0 fully saturated rings. The van der Waals surface area contributed by atoms with E-state index in [1.165, 1.54) is 27.6 Å². The van der Waals surface area contributed by atoms with Gasteiger partial charge in [-0.05, 0) is 62.5 Å². The summed E-state index contributed by atoms with van der Waals surface area (Å²) in [6, 6.07) is 6.80. The van der Waals surface area contributed by atoms with Gasteiger partial charge in [-0.25, -0.2) is 0 Å². The van der Waals surface area contributed by atoms with Crippen molar-refractivity contribution in [2.75, 3.05) is 32.7 Å². The van der Waals surface area contributed by atoms with Crippen molar-refractivity contribution in [1.29, 1.82) is 0 Å². The van der Waals surface area contributed by atoms with Gasteiger partial charge in [0, 0.05) is 42.8 Å². The van der Waals surface area contributed by atoms with Crippen LogP contribution in [0.1, 0.15) is 31.4 Å². The fourth-order valence-corrected chi connectivity index (χ4v) is 4.79. The maximum atomic E-state index is 13.1. The molecule has 0 unspecified atom stereocenters. The lowest BCUT2D eigenvalue weighted by molar-refractivity contribution is -0.134. The first-order chi connectivity index (χ1) is 13.2. The third-order valence-electron chi connectivity index (χ3n) is 6.17. The summed E-state index contributed by atoms with van der Waals surface area (Å²) in [5.41, 5.74) is 11.0. The molecule has 5 heteroatoms. The van der Waals surface area contributed by atoms with Crippen LogP contribution in [0.2, 0.25) is 0 Å². The number of aromatic nitrogens is 1. The molecule has 0 bridgehead atoms. The lowest BCUT2D eigenvalue weighted by Gasteiger charge is -2.42. The fourth-order valence-electron chi connectivity index (χ4n) is 4.79. The number of carbonyl (C=O) groups excluding carboxylic acids is 1. The van der Waals surface area contributed by atoms with Crippen molar-refractivity contribution >= 4 is 22.4 Å². The Morgan fingerprint density at radius 3 is 2.89 bits per heavy atom. The number of fused-ring (bicyclic) bond motifs is 2. The Bertz CT molecular complexity index is 864. The van der Waals surface area contributed by atoms with Crippen LogP contribution in [0.15, 0.2) is 30.5 Å².